The Kier molecular flexibility index (Phi) is 3.33. The summed E-state index contributed by atoms with van der Waals surface area (Å²) in [7, 11) is 0. The van der Waals surface area contributed by atoms with Crippen LogP contribution in [0, 0.1) is 5.82 Å². The van der Waals surface area contributed by atoms with Gasteiger partial charge in [-0.3, -0.25) is 9.78 Å². The second-order valence-corrected chi connectivity index (χ2v) is 5.92. The molecule has 1 aromatic carbocycles. The first-order valence-electron chi connectivity index (χ1n) is 7.69. The Labute approximate surface area is 133 Å². The second kappa shape index (κ2) is 5.50. The first kappa shape index (κ1) is 13.9. The SMILES string of the molecule is O=C(Cn1ccc2ncc(-c3ccc(F)cc3)cc21)NC1CC1. The quantitative estimate of drug-likeness (QED) is 0.805. The van der Waals surface area contributed by atoms with E-state index in [0.29, 0.717) is 6.04 Å². The Bertz CT molecular complexity index is 866. The van der Waals surface area contributed by atoms with Gasteiger partial charge in [0.15, 0.2) is 0 Å². The first-order valence-corrected chi connectivity index (χ1v) is 7.69. The molecule has 0 radical (unpaired) electrons. The fourth-order valence-corrected chi connectivity index (χ4v) is 2.66. The van der Waals surface area contributed by atoms with E-state index in [0.717, 1.165) is 35.0 Å². The van der Waals surface area contributed by atoms with Crippen molar-refractivity contribution in [3.05, 3.63) is 54.6 Å². The van der Waals surface area contributed by atoms with Gasteiger partial charge in [0.2, 0.25) is 5.91 Å². The molecule has 4 nitrogen and oxygen atoms in total. The van der Waals surface area contributed by atoms with Gasteiger partial charge >= 0.3 is 0 Å². The number of carbonyl (C=O) groups is 1. The molecule has 0 unspecified atom stereocenters. The number of nitrogens with one attached hydrogen (secondary N) is 1. The molecule has 0 saturated heterocycles. The highest BCUT2D eigenvalue weighted by molar-refractivity contribution is 5.84. The Balaban J connectivity index is 1.65. The Hall–Kier alpha value is -2.69. The van der Waals surface area contributed by atoms with Crippen LogP contribution in [0.1, 0.15) is 12.8 Å². The lowest BCUT2D eigenvalue weighted by atomic mass is 10.1. The zero-order chi connectivity index (χ0) is 15.8. The maximum atomic E-state index is 13.1. The largest absolute Gasteiger partial charge is 0.352 e. The molecule has 116 valence electrons. The minimum absolute atomic E-state index is 0.0252. The number of carbonyl (C=O) groups excluding carboxylic acids is 1. The van der Waals surface area contributed by atoms with E-state index in [2.05, 4.69) is 10.3 Å². The van der Waals surface area contributed by atoms with Crippen molar-refractivity contribution in [3.8, 4) is 11.1 Å². The van der Waals surface area contributed by atoms with E-state index in [1.165, 1.54) is 12.1 Å². The lowest BCUT2D eigenvalue weighted by molar-refractivity contribution is -0.121. The molecular formula is C18H16FN3O. The highest BCUT2D eigenvalue weighted by Gasteiger charge is 2.23. The molecular weight excluding hydrogens is 293 g/mol. The predicted molar refractivity (Wildman–Crippen MR) is 86.3 cm³/mol. The molecule has 3 aromatic rings. The molecule has 0 atom stereocenters. The van der Waals surface area contributed by atoms with E-state index in [-0.39, 0.29) is 18.3 Å². The van der Waals surface area contributed by atoms with E-state index in [9.17, 15) is 9.18 Å². The summed E-state index contributed by atoms with van der Waals surface area (Å²) in [6.07, 6.45) is 5.80. The fraction of sp³-hybridized carbons (Fsp3) is 0.222. The maximum absolute atomic E-state index is 13.1. The van der Waals surface area contributed by atoms with Gasteiger partial charge in [-0.2, -0.15) is 0 Å². The number of halogens is 1. The summed E-state index contributed by atoms with van der Waals surface area (Å²) < 4.78 is 15.0. The van der Waals surface area contributed by atoms with E-state index in [1.807, 2.05) is 22.9 Å². The Morgan fingerprint density at radius 3 is 2.74 bits per heavy atom. The van der Waals surface area contributed by atoms with Crippen molar-refractivity contribution in [3.63, 3.8) is 0 Å². The maximum Gasteiger partial charge on any atom is 0.240 e. The summed E-state index contributed by atoms with van der Waals surface area (Å²) in [5.41, 5.74) is 3.55. The number of hydrogen-bond donors (Lipinski definition) is 1. The molecule has 0 bridgehead atoms. The molecule has 2 aromatic heterocycles. The molecule has 1 amide bonds. The van der Waals surface area contributed by atoms with Gasteiger partial charge in [0.1, 0.15) is 12.4 Å². The van der Waals surface area contributed by atoms with Crippen LogP contribution in [0.15, 0.2) is 48.8 Å². The van der Waals surface area contributed by atoms with Gasteiger partial charge in [-0.1, -0.05) is 12.1 Å². The smallest absolute Gasteiger partial charge is 0.240 e. The van der Waals surface area contributed by atoms with Crippen LogP contribution in [0.5, 0.6) is 0 Å². The van der Waals surface area contributed by atoms with Crippen molar-refractivity contribution < 1.29 is 9.18 Å². The number of fused-ring (bicyclic) bond motifs is 1. The van der Waals surface area contributed by atoms with Crippen LogP contribution in [-0.2, 0) is 11.3 Å². The number of amides is 1. The molecule has 2 heterocycles. The Morgan fingerprint density at radius 1 is 1.22 bits per heavy atom. The first-order chi connectivity index (χ1) is 11.2. The third kappa shape index (κ3) is 2.95. The van der Waals surface area contributed by atoms with Gasteiger partial charge in [-0.25, -0.2) is 4.39 Å². The Morgan fingerprint density at radius 2 is 2.00 bits per heavy atom. The van der Waals surface area contributed by atoms with Gasteiger partial charge in [0.25, 0.3) is 0 Å². The van der Waals surface area contributed by atoms with E-state index in [1.54, 1.807) is 18.3 Å². The van der Waals surface area contributed by atoms with Gasteiger partial charge in [-0.05, 0) is 42.7 Å². The van der Waals surface area contributed by atoms with Crippen LogP contribution in [-0.4, -0.2) is 21.5 Å². The number of nitrogens with zero attached hydrogens (tertiary/aromatic N) is 2. The number of pyridine rings is 1. The van der Waals surface area contributed by atoms with Crippen LogP contribution in [0.3, 0.4) is 0 Å². The van der Waals surface area contributed by atoms with Crippen molar-refractivity contribution in [2.24, 2.45) is 0 Å². The summed E-state index contributed by atoms with van der Waals surface area (Å²) in [4.78, 5) is 16.4. The highest BCUT2D eigenvalue weighted by Crippen LogP contribution is 2.24. The van der Waals surface area contributed by atoms with Crippen molar-refractivity contribution in [2.75, 3.05) is 0 Å². The minimum Gasteiger partial charge on any atom is -0.352 e. The van der Waals surface area contributed by atoms with Gasteiger partial charge in [-0.15, -0.1) is 0 Å². The zero-order valence-electron chi connectivity index (χ0n) is 12.5. The lowest BCUT2D eigenvalue weighted by Crippen LogP contribution is -2.29. The van der Waals surface area contributed by atoms with Crippen LogP contribution < -0.4 is 5.32 Å². The second-order valence-electron chi connectivity index (χ2n) is 5.92. The van der Waals surface area contributed by atoms with Gasteiger partial charge in [0, 0.05) is 24.0 Å². The normalized spacial score (nSPS) is 14.1. The van der Waals surface area contributed by atoms with E-state index < -0.39 is 0 Å². The number of rotatable bonds is 4. The van der Waals surface area contributed by atoms with E-state index >= 15 is 0 Å². The average molecular weight is 309 g/mol. The predicted octanol–water partition coefficient (Wildman–Crippen LogP) is 3.12. The van der Waals surface area contributed by atoms with Crippen LogP contribution in [0.2, 0.25) is 0 Å². The summed E-state index contributed by atoms with van der Waals surface area (Å²) >= 11 is 0. The molecule has 1 fully saturated rings. The topological polar surface area (TPSA) is 46.9 Å². The summed E-state index contributed by atoms with van der Waals surface area (Å²) in [6.45, 7) is 0.286. The summed E-state index contributed by atoms with van der Waals surface area (Å²) in [5.74, 6) is -0.236. The van der Waals surface area contributed by atoms with Crippen molar-refractivity contribution in [2.45, 2.75) is 25.4 Å². The number of benzene rings is 1. The van der Waals surface area contributed by atoms with Crippen LogP contribution >= 0.6 is 0 Å². The molecule has 4 rings (SSSR count). The number of hydrogen-bond acceptors (Lipinski definition) is 2. The zero-order valence-corrected chi connectivity index (χ0v) is 12.5. The average Bonchev–Trinajstić information content (AvgIpc) is 3.27. The molecule has 0 spiro atoms. The molecule has 0 aliphatic heterocycles. The van der Waals surface area contributed by atoms with Gasteiger partial charge < -0.3 is 9.88 Å². The molecule has 23 heavy (non-hydrogen) atoms. The van der Waals surface area contributed by atoms with Crippen molar-refractivity contribution in [1.29, 1.82) is 0 Å². The lowest BCUT2D eigenvalue weighted by Gasteiger charge is -2.07. The fourth-order valence-electron chi connectivity index (χ4n) is 2.66. The van der Waals surface area contributed by atoms with Crippen LogP contribution in [0.4, 0.5) is 4.39 Å². The monoisotopic (exact) mass is 309 g/mol. The molecule has 1 N–H and O–H groups in total. The van der Waals surface area contributed by atoms with Gasteiger partial charge in [0.05, 0.1) is 11.0 Å². The third-order valence-electron chi connectivity index (χ3n) is 4.05. The van der Waals surface area contributed by atoms with Crippen molar-refractivity contribution in [1.82, 2.24) is 14.9 Å². The standard InChI is InChI=1S/C18H16FN3O/c19-14-3-1-12(2-4-14)13-9-17-16(20-10-13)7-8-22(17)11-18(23)21-15-5-6-15/h1-4,7-10,15H,5-6,11H2,(H,21,23). The number of aromatic nitrogens is 2. The summed E-state index contributed by atoms with van der Waals surface area (Å²) in [6, 6.07) is 10.6. The van der Waals surface area contributed by atoms with Crippen molar-refractivity contribution >= 4 is 16.9 Å². The van der Waals surface area contributed by atoms with Crippen LogP contribution in [0.25, 0.3) is 22.2 Å². The third-order valence-corrected chi connectivity index (χ3v) is 4.05. The molecule has 1 aliphatic carbocycles. The molecule has 5 heteroatoms. The molecule has 1 saturated carbocycles. The highest BCUT2D eigenvalue weighted by atomic mass is 19.1. The minimum atomic E-state index is -0.261. The van der Waals surface area contributed by atoms with E-state index in [4.69, 9.17) is 0 Å². The molecule has 1 aliphatic rings. The summed E-state index contributed by atoms with van der Waals surface area (Å²) in [5, 5.41) is 2.99.